The van der Waals surface area contributed by atoms with Crippen molar-refractivity contribution in [2.24, 2.45) is 0 Å². The first-order valence-electron chi connectivity index (χ1n) is 12.7. The number of aliphatic carboxylic acids is 1. The van der Waals surface area contributed by atoms with E-state index in [2.05, 4.69) is 22.8 Å². The Hall–Kier alpha value is -3.89. The number of esters is 1. The van der Waals surface area contributed by atoms with Gasteiger partial charge in [0.2, 0.25) is 11.8 Å². The van der Waals surface area contributed by atoms with E-state index in [0.717, 1.165) is 40.7 Å². The second-order valence-electron chi connectivity index (χ2n) is 9.45. The Morgan fingerprint density at radius 1 is 1.07 bits per heavy atom. The van der Waals surface area contributed by atoms with Crippen LogP contribution in [0.4, 0.5) is 10.7 Å². The molecular formula is C30H30N2O6S2. The molecule has 208 valence electrons. The molecule has 2 amide bonds. The van der Waals surface area contributed by atoms with Gasteiger partial charge in [0.25, 0.3) is 0 Å². The molecule has 0 fully saturated rings. The third-order valence-electron chi connectivity index (χ3n) is 6.65. The summed E-state index contributed by atoms with van der Waals surface area (Å²) in [5.41, 5.74) is 3.12. The minimum Gasteiger partial charge on any atom is -0.478 e. The second-order valence-corrected chi connectivity index (χ2v) is 12.0. The van der Waals surface area contributed by atoms with E-state index in [9.17, 15) is 19.2 Å². The molecule has 0 saturated heterocycles. The summed E-state index contributed by atoms with van der Waals surface area (Å²) < 4.78 is 5.07. The van der Waals surface area contributed by atoms with Gasteiger partial charge in [-0.3, -0.25) is 9.59 Å². The van der Waals surface area contributed by atoms with Crippen LogP contribution < -0.4 is 10.6 Å². The van der Waals surface area contributed by atoms with Gasteiger partial charge in [-0.2, -0.15) is 0 Å². The lowest BCUT2D eigenvalue weighted by atomic mass is 9.83. The van der Waals surface area contributed by atoms with Crippen molar-refractivity contribution < 1.29 is 29.0 Å². The quantitative estimate of drug-likeness (QED) is 0.164. The Bertz CT molecular complexity index is 1450. The summed E-state index contributed by atoms with van der Waals surface area (Å²) in [6.07, 6.45) is 3.49. The maximum Gasteiger partial charge on any atom is 0.341 e. The summed E-state index contributed by atoms with van der Waals surface area (Å²) in [6, 6.07) is 17.2. The Morgan fingerprint density at radius 2 is 1.77 bits per heavy atom. The highest BCUT2D eigenvalue weighted by atomic mass is 32.2. The first-order valence-corrected chi connectivity index (χ1v) is 14.4. The van der Waals surface area contributed by atoms with Crippen LogP contribution in [-0.2, 0) is 32.0 Å². The Morgan fingerprint density at radius 3 is 2.42 bits per heavy atom. The maximum absolute atomic E-state index is 13.2. The van der Waals surface area contributed by atoms with Crippen LogP contribution in [0.5, 0.6) is 0 Å². The predicted octanol–water partition coefficient (Wildman–Crippen LogP) is 5.90. The van der Waals surface area contributed by atoms with E-state index in [4.69, 9.17) is 9.84 Å². The number of hydrogen-bond acceptors (Lipinski definition) is 7. The number of amides is 2. The van der Waals surface area contributed by atoms with Crippen LogP contribution in [0.1, 0.15) is 52.5 Å². The lowest BCUT2D eigenvalue weighted by molar-refractivity contribution is -0.132. The van der Waals surface area contributed by atoms with E-state index in [1.165, 1.54) is 42.7 Å². The molecule has 3 N–H and O–H groups in total. The van der Waals surface area contributed by atoms with Crippen LogP contribution in [0, 0.1) is 0 Å². The fourth-order valence-electron chi connectivity index (χ4n) is 4.53. The van der Waals surface area contributed by atoms with Crippen molar-refractivity contribution in [1.82, 2.24) is 0 Å². The molecular weight excluding hydrogens is 548 g/mol. The monoisotopic (exact) mass is 578 g/mol. The van der Waals surface area contributed by atoms with Gasteiger partial charge in [0.15, 0.2) is 0 Å². The van der Waals surface area contributed by atoms with Crippen molar-refractivity contribution >= 4 is 57.5 Å². The average Bonchev–Trinajstić information content (AvgIpc) is 3.30. The first kappa shape index (κ1) is 29.1. The molecule has 0 bridgehead atoms. The van der Waals surface area contributed by atoms with Gasteiger partial charge in [-0.15, -0.1) is 23.1 Å². The number of ether oxygens (including phenoxy) is 1. The number of carboxylic acids is 1. The number of thiophene rings is 1. The summed E-state index contributed by atoms with van der Waals surface area (Å²) in [5, 5.41) is 14.5. The fraction of sp³-hybridized carbons (Fsp3) is 0.267. The Labute approximate surface area is 240 Å². The number of fused-ring (bicyclic) bond motifs is 1. The van der Waals surface area contributed by atoms with Crippen LogP contribution in [-0.4, -0.2) is 41.2 Å². The van der Waals surface area contributed by atoms with Gasteiger partial charge in [0.05, 0.1) is 17.9 Å². The number of thioether (sulfide) groups is 1. The maximum atomic E-state index is 13.2. The number of hydrogen-bond donors (Lipinski definition) is 3. The molecule has 1 heterocycles. The lowest BCUT2D eigenvalue weighted by Crippen LogP contribution is -2.23. The van der Waals surface area contributed by atoms with Crippen molar-refractivity contribution in [2.45, 2.75) is 49.2 Å². The van der Waals surface area contributed by atoms with Crippen molar-refractivity contribution in [3.05, 3.63) is 87.8 Å². The highest BCUT2D eigenvalue weighted by molar-refractivity contribution is 8.00. The highest BCUT2D eigenvalue weighted by Crippen LogP contribution is 2.43. The zero-order chi connectivity index (χ0) is 28.8. The van der Waals surface area contributed by atoms with E-state index in [0.29, 0.717) is 22.2 Å². The van der Waals surface area contributed by atoms with E-state index in [-0.39, 0.29) is 11.5 Å². The highest BCUT2D eigenvalue weighted by Gasteiger charge is 2.31. The van der Waals surface area contributed by atoms with E-state index >= 15 is 0 Å². The zero-order valence-electron chi connectivity index (χ0n) is 22.4. The summed E-state index contributed by atoms with van der Waals surface area (Å²) in [7, 11) is 1.35. The number of carbonyl (C=O) groups excluding carboxylic acids is 3. The molecule has 0 unspecified atom stereocenters. The van der Waals surface area contributed by atoms with E-state index < -0.39 is 23.1 Å². The average molecular weight is 579 g/mol. The third kappa shape index (κ3) is 7.00. The molecule has 0 saturated carbocycles. The van der Waals surface area contributed by atoms with Gasteiger partial charge >= 0.3 is 11.9 Å². The largest absolute Gasteiger partial charge is 0.478 e. The molecule has 1 aliphatic carbocycles. The first-order chi connectivity index (χ1) is 19.2. The van der Waals surface area contributed by atoms with E-state index in [1.807, 2.05) is 18.2 Å². The smallest absolute Gasteiger partial charge is 0.341 e. The number of benzene rings is 2. The van der Waals surface area contributed by atoms with Crippen molar-refractivity contribution in [2.75, 3.05) is 17.7 Å². The molecule has 2 aromatic carbocycles. The van der Waals surface area contributed by atoms with Crippen molar-refractivity contribution in [3.63, 3.8) is 0 Å². The molecule has 4 rings (SSSR count). The number of carboxylic acid groups (broad SMARTS) is 1. The molecule has 1 aliphatic rings. The number of methoxy groups -OCH3 is 1. The third-order valence-corrected chi connectivity index (χ3v) is 8.93. The molecule has 0 spiro atoms. The molecule has 3 aromatic rings. The molecule has 40 heavy (non-hydrogen) atoms. The van der Waals surface area contributed by atoms with Gasteiger partial charge in [-0.25, -0.2) is 9.59 Å². The van der Waals surface area contributed by atoms with Crippen LogP contribution in [0.15, 0.2) is 71.1 Å². The number of carbonyl (C=O) groups is 4. The Balaban J connectivity index is 1.42. The van der Waals surface area contributed by atoms with Gasteiger partial charge in [0, 0.05) is 27.1 Å². The number of rotatable bonds is 9. The van der Waals surface area contributed by atoms with Gasteiger partial charge in [0.1, 0.15) is 5.00 Å². The SMILES string of the molecule is COC(=O)c1c(NC(=O)[C@H](C)Sc2ccc(NC(=O)/C=C(/C)C(=O)O)cc2)sc2c1CC[C@@H](c1ccccc1)C2. The predicted molar refractivity (Wildman–Crippen MR) is 157 cm³/mol. The zero-order valence-corrected chi connectivity index (χ0v) is 24.0. The summed E-state index contributed by atoms with van der Waals surface area (Å²) in [4.78, 5) is 50.7. The molecule has 0 aliphatic heterocycles. The van der Waals surface area contributed by atoms with Crippen molar-refractivity contribution in [3.8, 4) is 0 Å². The van der Waals surface area contributed by atoms with Crippen molar-refractivity contribution in [1.29, 1.82) is 0 Å². The Kier molecular flexibility index (Phi) is 9.44. The summed E-state index contributed by atoms with van der Waals surface area (Å²) in [5.74, 6) is -2.02. The summed E-state index contributed by atoms with van der Waals surface area (Å²) >= 11 is 2.79. The van der Waals surface area contributed by atoms with E-state index in [1.54, 1.807) is 31.2 Å². The standard InChI is InChI=1S/C30H30N2O6S2/c1-17(29(35)36)15-25(33)31-21-10-12-22(13-11-21)39-18(2)27(34)32-28-26(30(37)38-3)23-14-9-20(16-24(23)40-28)19-7-5-4-6-8-19/h4-8,10-13,15,18,20H,9,14,16H2,1-3H3,(H,31,33)(H,32,34)(H,35,36)/b17-15-/t18-,20+/m0/s1. The minimum atomic E-state index is -1.16. The van der Waals surface area contributed by atoms with Gasteiger partial charge < -0.3 is 20.5 Å². The fourth-order valence-corrected chi connectivity index (χ4v) is 6.71. The second kappa shape index (κ2) is 13.0. The van der Waals surface area contributed by atoms with Gasteiger partial charge in [-0.1, -0.05) is 30.3 Å². The van der Waals surface area contributed by atoms with Gasteiger partial charge in [-0.05, 0) is 74.4 Å². The normalized spacial score (nSPS) is 15.5. The van der Waals surface area contributed by atoms with Crippen LogP contribution in [0.25, 0.3) is 0 Å². The molecule has 1 aromatic heterocycles. The topological polar surface area (TPSA) is 122 Å². The number of nitrogens with one attached hydrogen (secondary N) is 2. The summed E-state index contributed by atoms with van der Waals surface area (Å²) in [6.45, 7) is 3.13. The minimum absolute atomic E-state index is 0.0672. The van der Waals surface area contributed by atoms with Crippen LogP contribution >= 0.6 is 23.1 Å². The lowest BCUT2D eigenvalue weighted by Gasteiger charge is -2.22. The number of anilines is 2. The molecule has 2 atom stereocenters. The molecule has 0 radical (unpaired) electrons. The molecule has 8 nitrogen and oxygen atoms in total. The molecule has 10 heteroatoms. The van der Waals surface area contributed by atoms with Crippen LogP contribution in [0.3, 0.4) is 0 Å². The van der Waals surface area contributed by atoms with Crippen LogP contribution in [0.2, 0.25) is 0 Å².